The van der Waals surface area contributed by atoms with Crippen LogP contribution in [0.1, 0.15) is 12.8 Å². The van der Waals surface area contributed by atoms with E-state index in [1.54, 1.807) is 0 Å². The van der Waals surface area contributed by atoms with Crippen molar-refractivity contribution in [2.24, 2.45) is 5.73 Å². The van der Waals surface area contributed by atoms with Crippen molar-refractivity contribution in [3.63, 3.8) is 0 Å². The summed E-state index contributed by atoms with van der Waals surface area (Å²) in [7, 11) is 0. The monoisotopic (exact) mass is 199 g/mol. The summed E-state index contributed by atoms with van der Waals surface area (Å²) < 4.78 is 5.63. The van der Waals surface area contributed by atoms with E-state index < -0.39 is 6.03 Å². The highest BCUT2D eigenvalue weighted by molar-refractivity contribution is 5.71. The molecule has 2 heterocycles. The average Bonchev–Trinajstić information content (AvgIpc) is 2.61. The predicted octanol–water partition coefficient (Wildman–Crippen LogP) is -0.482. The van der Waals surface area contributed by atoms with Crippen molar-refractivity contribution in [1.29, 1.82) is 0 Å². The van der Waals surface area contributed by atoms with Gasteiger partial charge in [0.05, 0.1) is 12.7 Å². The van der Waals surface area contributed by atoms with Crippen LogP contribution >= 0.6 is 0 Å². The SMILES string of the molecule is NC(=O)NCC1CN2CCCC2CO1. The molecule has 5 nitrogen and oxygen atoms in total. The molecule has 2 amide bonds. The maximum Gasteiger partial charge on any atom is 0.312 e. The fraction of sp³-hybridized carbons (Fsp3) is 0.889. The molecule has 80 valence electrons. The Morgan fingerprint density at radius 3 is 3.29 bits per heavy atom. The van der Waals surface area contributed by atoms with E-state index >= 15 is 0 Å². The highest BCUT2D eigenvalue weighted by Gasteiger charge is 2.31. The molecule has 2 aliphatic rings. The lowest BCUT2D eigenvalue weighted by atomic mass is 10.2. The molecule has 2 aliphatic heterocycles. The number of hydrogen-bond acceptors (Lipinski definition) is 3. The van der Waals surface area contributed by atoms with Crippen LogP contribution in [0.4, 0.5) is 4.79 Å². The van der Waals surface area contributed by atoms with Crippen molar-refractivity contribution in [2.45, 2.75) is 25.0 Å². The third kappa shape index (κ3) is 2.16. The van der Waals surface area contributed by atoms with Crippen LogP contribution in [0.25, 0.3) is 0 Å². The number of hydrogen-bond donors (Lipinski definition) is 2. The molecule has 0 bridgehead atoms. The molecule has 0 saturated carbocycles. The molecule has 5 heteroatoms. The summed E-state index contributed by atoms with van der Waals surface area (Å²) >= 11 is 0. The Morgan fingerprint density at radius 1 is 1.64 bits per heavy atom. The Morgan fingerprint density at radius 2 is 2.50 bits per heavy atom. The van der Waals surface area contributed by atoms with Gasteiger partial charge in [-0.3, -0.25) is 4.90 Å². The van der Waals surface area contributed by atoms with Crippen molar-refractivity contribution in [2.75, 3.05) is 26.2 Å². The smallest absolute Gasteiger partial charge is 0.312 e. The first-order valence-electron chi connectivity index (χ1n) is 5.14. The lowest BCUT2D eigenvalue weighted by Crippen LogP contribution is -2.50. The second kappa shape index (κ2) is 4.14. The van der Waals surface area contributed by atoms with Crippen LogP contribution < -0.4 is 11.1 Å². The van der Waals surface area contributed by atoms with E-state index in [0.29, 0.717) is 12.6 Å². The number of morpholine rings is 1. The van der Waals surface area contributed by atoms with Crippen LogP contribution in [0.5, 0.6) is 0 Å². The highest BCUT2D eigenvalue weighted by atomic mass is 16.5. The van der Waals surface area contributed by atoms with E-state index in [1.165, 1.54) is 19.4 Å². The minimum Gasteiger partial charge on any atom is -0.373 e. The topological polar surface area (TPSA) is 67.6 Å². The Bertz CT molecular complexity index is 222. The lowest BCUT2D eigenvalue weighted by molar-refractivity contribution is -0.0457. The summed E-state index contributed by atoms with van der Waals surface area (Å²) in [6.45, 7) is 3.41. The summed E-state index contributed by atoms with van der Waals surface area (Å²) in [6, 6.07) is 0.136. The maximum absolute atomic E-state index is 10.5. The molecule has 2 rings (SSSR count). The van der Waals surface area contributed by atoms with E-state index in [1.807, 2.05) is 0 Å². The van der Waals surface area contributed by atoms with E-state index in [9.17, 15) is 4.79 Å². The first kappa shape index (κ1) is 9.73. The number of rotatable bonds is 2. The number of ether oxygens (including phenoxy) is 1. The average molecular weight is 199 g/mol. The van der Waals surface area contributed by atoms with Gasteiger partial charge in [-0.05, 0) is 19.4 Å². The van der Waals surface area contributed by atoms with Gasteiger partial charge in [-0.2, -0.15) is 0 Å². The zero-order valence-corrected chi connectivity index (χ0v) is 8.24. The van der Waals surface area contributed by atoms with Gasteiger partial charge in [0, 0.05) is 19.1 Å². The first-order valence-corrected chi connectivity index (χ1v) is 5.14. The summed E-state index contributed by atoms with van der Waals surface area (Å²) in [5.41, 5.74) is 5.00. The van der Waals surface area contributed by atoms with Crippen LogP contribution in [0.2, 0.25) is 0 Å². The molecule has 0 radical (unpaired) electrons. The molecule has 0 spiro atoms. The molecular formula is C9H17N3O2. The summed E-state index contributed by atoms with van der Waals surface area (Å²) in [6.07, 6.45) is 2.62. The molecule has 0 aromatic heterocycles. The Labute approximate surface area is 83.6 Å². The van der Waals surface area contributed by atoms with Crippen molar-refractivity contribution in [3.8, 4) is 0 Å². The Balaban J connectivity index is 1.77. The molecule has 0 aromatic rings. The van der Waals surface area contributed by atoms with Crippen LogP contribution in [0.3, 0.4) is 0 Å². The van der Waals surface area contributed by atoms with Crippen molar-refractivity contribution >= 4 is 6.03 Å². The molecule has 3 N–H and O–H groups in total. The van der Waals surface area contributed by atoms with Gasteiger partial charge in [0.25, 0.3) is 0 Å². The minimum absolute atomic E-state index is 0.108. The summed E-state index contributed by atoms with van der Waals surface area (Å²) in [5, 5.41) is 2.58. The Kier molecular flexibility index (Phi) is 2.88. The first-order chi connectivity index (χ1) is 6.75. The largest absolute Gasteiger partial charge is 0.373 e. The van der Waals surface area contributed by atoms with E-state index in [2.05, 4.69) is 10.2 Å². The molecule has 2 saturated heterocycles. The number of nitrogens with zero attached hydrogens (tertiary/aromatic N) is 1. The van der Waals surface area contributed by atoms with Gasteiger partial charge in [0.1, 0.15) is 0 Å². The van der Waals surface area contributed by atoms with Crippen LogP contribution in [-0.2, 0) is 4.74 Å². The number of nitrogens with two attached hydrogens (primary N) is 1. The van der Waals surface area contributed by atoms with Crippen molar-refractivity contribution in [1.82, 2.24) is 10.2 Å². The fourth-order valence-corrected chi connectivity index (χ4v) is 2.22. The zero-order chi connectivity index (χ0) is 9.97. The third-order valence-electron chi connectivity index (χ3n) is 2.97. The van der Waals surface area contributed by atoms with Crippen molar-refractivity contribution < 1.29 is 9.53 Å². The normalized spacial score (nSPS) is 32.6. The van der Waals surface area contributed by atoms with E-state index in [4.69, 9.17) is 10.5 Å². The fourth-order valence-electron chi connectivity index (χ4n) is 2.22. The van der Waals surface area contributed by atoms with Gasteiger partial charge in [0.2, 0.25) is 0 Å². The van der Waals surface area contributed by atoms with Gasteiger partial charge in [-0.15, -0.1) is 0 Å². The molecule has 14 heavy (non-hydrogen) atoms. The third-order valence-corrected chi connectivity index (χ3v) is 2.97. The number of nitrogens with one attached hydrogen (secondary N) is 1. The number of carbonyl (C=O) groups is 1. The van der Waals surface area contributed by atoms with Gasteiger partial charge >= 0.3 is 6.03 Å². The number of fused-ring (bicyclic) bond motifs is 1. The quantitative estimate of drug-likeness (QED) is 0.631. The zero-order valence-electron chi connectivity index (χ0n) is 8.24. The predicted molar refractivity (Wildman–Crippen MR) is 51.9 cm³/mol. The number of carbonyl (C=O) groups excluding carboxylic acids is 1. The van der Waals surface area contributed by atoms with Gasteiger partial charge < -0.3 is 15.8 Å². The van der Waals surface area contributed by atoms with Crippen LogP contribution in [0, 0.1) is 0 Å². The van der Waals surface area contributed by atoms with Gasteiger partial charge in [-0.1, -0.05) is 0 Å². The Hall–Kier alpha value is -0.810. The molecule has 2 atom stereocenters. The number of urea groups is 1. The summed E-state index contributed by atoms with van der Waals surface area (Å²) in [5.74, 6) is 0. The molecular weight excluding hydrogens is 182 g/mol. The standard InChI is InChI=1S/C9H17N3O2/c10-9(13)11-4-8-5-12-3-1-2-7(12)6-14-8/h7-8H,1-6H2,(H3,10,11,13). The molecule has 0 aliphatic carbocycles. The highest BCUT2D eigenvalue weighted by Crippen LogP contribution is 2.22. The number of amides is 2. The summed E-state index contributed by atoms with van der Waals surface area (Å²) in [4.78, 5) is 13.0. The van der Waals surface area contributed by atoms with E-state index in [0.717, 1.165) is 13.2 Å². The lowest BCUT2D eigenvalue weighted by Gasteiger charge is -2.35. The number of primary amides is 1. The minimum atomic E-state index is -0.475. The second-order valence-corrected chi connectivity index (χ2v) is 3.99. The molecule has 2 fully saturated rings. The second-order valence-electron chi connectivity index (χ2n) is 3.99. The molecule has 0 aromatic carbocycles. The van der Waals surface area contributed by atoms with Crippen LogP contribution in [0.15, 0.2) is 0 Å². The van der Waals surface area contributed by atoms with Crippen molar-refractivity contribution in [3.05, 3.63) is 0 Å². The molecule has 2 unspecified atom stereocenters. The van der Waals surface area contributed by atoms with Crippen LogP contribution in [-0.4, -0.2) is 49.3 Å². The van der Waals surface area contributed by atoms with Gasteiger partial charge in [0.15, 0.2) is 0 Å². The van der Waals surface area contributed by atoms with E-state index in [-0.39, 0.29) is 6.10 Å². The maximum atomic E-state index is 10.5. The van der Waals surface area contributed by atoms with Gasteiger partial charge in [-0.25, -0.2) is 4.79 Å².